The predicted molar refractivity (Wildman–Crippen MR) is 71.0 cm³/mol. The summed E-state index contributed by atoms with van der Waals surface area (Å²) in [5.41, 5.74) is 0.796. The summed E-state index contributed by atoms with van der Waals surface area (Å²) >= 11 is 0. The third-order valence-electron chi connectivity index (χ3n) is 4.28. The first-order chi connectivity index (χ1) is 8.50. The second-order valence-electron chi connectivity index (χ2n) is 6.58. The second-order valence-corrected chi connectivity index (χ2v) is 6.58. The molecule has 0 saturated heterocycles. The summed E-state index contributed by atoms with van der Waals surface area (Å²) in [5.74, 6) is 1.03. The Bertz CT molecular complexity index is 490. The highest BCUT2D eigenvalue weighted by Crippen LogP contribution is 2.47. The van der Waals surface area contributed by atoms with Gasteiger partial charge in [-0.15, -0.1) is 0 Å². The number of para-hydroxylation sites is 1. The summed E-state index contributed by atoms with van der Waals surface area (Å²) in [6.07, 6.45) is 4.93. The molecule has 0 aromatic heterocycles. The van der Waals surface area contributed by atoms with E-state index in [2.05, 4.69) is 13.8 Å². The SMILES string of the molecule is CC1(C)CCCC2(CC(=O)c3ccccc3O2)C1. The van der Waals surface area contributed by atoms with Crippen molar-refractivity contribution in [3.05, 3.63) is 29.8 Å². The molecule has 0 N–H and O–H groups in total. The maximum absolute atomic E-state index is 12.3. The number of ether oxygens (including phenoxy) is 1. The van der Waals surface area contributed by atoms with Crippen molar-refractivity contribution >= 4 is 5.78 Å². The lowest BCUT2D eigenvalue weighted by Crippen LogP contribution is -2.47. The van der Waals surface area contributed by atoms with Gasteiger partial charge < -0.3 is 4.74 Å². The van der Waals surface area contributed by atoms with Gasteiger partial charge in [0.2, 0.25) is 0 Å². The van der Waals surface area contributed by atoms with E-state index in [0.717, 1.165) is 30.6 Å². The molecule has 0 bridgehead atoms. The topological polar surface area (TPSA) is 26.3 Å². The monoisotopic (exact) mass is 244 g/mol. The van der Waals surface area contributed by atoms with Crippen molar-refractivity contribution in [1.82, 2.24) is 0 Å². The van der Waals surface area contributed by atoms with Gasteiger partial charge in [-0.3, -0.25) is 4.79 Å². The smallest absolute Gasteiger partial charge is 0.170 e. The molecular formula is C16H20O2. The number of hydrogen-bond acceptors (Lipinski definition) is 2. The fourth-order valence-electron chi connectivity index (χ4n) is 3.62. The van der Waals surface area contributed by atoms with Crippen LogP contribution >= 0.6 is 0 Å². The molecule has 1 spiro atoms. The molecule has 2 aliphatic rings. The Morgan fingerprint density at radius 3 is 2.72 bits per heavy atom. The molecule has 96 valence electrons. The average Bonchev–Trinajstić information content (AvgIpc) is 2.27. The van der Waals surface area contributed by atoms with E-state index >= 15 is 0 Å². The largest absolute Gasteiger partial charge is 0.486 e. The van der Waals surface area contributed by atoms with E-state index < -0.39 is 0 Å². The molecule has 1 heterocycles. The van der Waals surface area contributed by atoms with Crippen LogP contribution in [0.1, 0.15) is 56.3 Å². The minimum atomic E-state index is -0.243. The van der Waals surface area contributed by atoms with Crippen LogP contribution < -0.4 is 4.74 Å². The van der Waals surface area contributed by atoms with Gasteiger partial charge in [0.25, 0.3) is 0 Å². The van der Waals surface area contributed by atoms with Crippen LogP contribution in [-0.2, 0) is 0 Å². The van der Waals surface area contributed by atoms with E-state index in [9.17, 15) is 4.79 Å². The molecule has 1 unspecified atom stereocenters. The van der Waals surface area contributed by atoms with Gasteiger partial charge >= 0.3 is 0 Å². The average molecular weight is 244 g/mol. The highest BCUT2D eigenvalue weighted by atomic mass is 16.5. The van der Waals surface area contributed by atoms with Gasteiger partial charge in [-0.05, 0) is 43.2 Å². The summed E-state index contributed by atoms with van der Waals surface area (Å²) in [6.45, 7) is 4.56. The van der Waals surface area contributed by atoms with E-state index in [1.54, 1.807) is 0 Å². The van der Waals surface area contributed by atoms with Crippen molar-refractivity contribution in [3.8, 4) is 5.75 Å². The van der Waals surface area contributed by atoms with E-state index in [0.29, 0.717) is 6.42 Å². The fraction of sp³-hybridized carbons (Fsp3) is 0.562. The van der Waals surface area contributed by atoms with Gasteiger partial charge in [0.15, 0.2) is 5.78 Å². The third-order valence-corrected chi connectivity index (χ3v) is 4.28. The van der Waals surface area contributed by atoms with Gasteiger partial charge in [0, 0.05) is 0 Å². The van der Waals surface area contributed by atoms with Crippen LogP contribution in [0.15, 0.2) is 24.3 Å². The van der Waals surface area contributed by atoms with Gasteiger partial charge in [-0.25, -0.2) is 0 Å². The lowest BCUT2D eigenvalue weighted by molar-refractivity contribution is -0.0248. The van der Waals surface area contributed by atoms with Gasteiger partial charge in [0.1, 0.15) is 11.4 Å². The maximum atomic E-state index is 12.3. The lowest BCUT2D eigenvalue weighted by atomic mass is 9.67. The number of fused-ring (bicyclic) bond motifs is 1. The zero-order valence-electron chi connectivity index (χ0n) is 11.2. The third kappa shape index (κ3) is 1.94. The zero-order valence-corrected chi connectivity index (χ0v) is 11.2. The molecule has 1 fully saturated rings. The normalized spacial score (nSPS) is 29.8. The fourth-order valence-corrected chi connectivity index (χ4v) is 3.62. The summed E-state index contributed by atoms with van der Waals surface area (Å²) in [7, 11) is 0. The molecule has 3 rings (SSSR count). The van der Waals surface area contributed by atoms with E-state index in [-0.39, 0.29) is 16.8 Å². The number of ketones is 1. The Kier molecular flexibility index (Phi) is 2.51. The van der Waals surface area contributed by atoms with Gasteiger partial charge in [0.05, 0.1) is 12.0 Å². The Hall–Kier alpha value is -1.31. The van der Waals surface area contributed by atoms with Crippen molar-refractivity contribution in [2.45, 2.75) is 51.6 Å². The Morgan fingerprint density at radius 1 is 1.17 bits per heavy atom. The first kappa shape index (κ1) is 11.8. The van der Waals surface area contributed by atoms with Crippen LogP contribution in [0.3, 0.4) is 0 Å². The number of Topliss-reactive ketones (excluding diaryl/α,β-unsaturated/α-hetero) is 1. The Morgan fingerprint density at radius 2 is 1.94 bits per heavy atom. The first-order valence-corrected chi connectivity index (χ1v) is 6.81. The van der Waals surface area contributed by atoms with Crippen molar-refractivity contribution in [3.63, 3.8) is 0 Å². The second kappa shape index (κ2) is 3.84. The number of benzene rings is 1. The summed E-state index contributed by atoms with van der Waals surface area (Å²) < 4.78 is 6.25. The van der Waals surface area contributed by atoms with E-state index in [1.807, 2.05) is 24.3 Å². The molecular weight excluding hydrogens is 224 g/mol. The predicted octanol–water partition coefficient (Wildman–Crippen LogP) is 3.99. The lowest BCUT2D eigenvalue weighted by Gasteiger charge is -2.46. The standard InChI is InChI=1S/C16H20O2/c1-15(2)8-5-9-16(11-15)10-13(17)12-6-3-4-7-14(12)18-16/h3-4,6-7H,5,8-11H2,1-2H3. The van der Waals surface area contributed by atoms with Gasteiger partial charge in [-0.1, -0.05) is 26.0 Å². The van der Waals surface area contributed by atoms with Crippen molar-refractivity contribution in [2.75, 3.05) is 0 Å². The van der Waals surface area contributed by atoms with Crippen LogP contribution in [0, 0.1) is 5.41 Å². The number of carbonyl (C=O) groups is 1. The molecule has 1 aliphatic carbocycles. The van der Waals surface area contributed by atoms with Crippen LogP contribution in [0.25, 0.3) is 0 Å². The van der Waals surface area contributed by atoms with Crippen LogP contribution in [-0.4, -0.2) is 11.4 Å². The summed E-state index contributed by atoms with van der Waals surface area (Å²) in [6, 6.07) is 7.65. The molecule has 1 saturated carbocycles. The summed E-state index contributed by atoms with van der Waals surface area (Å²) in [4.78, 5) is 12.3. The minimum Gasteiger partial charge on any atom is -0.486 e. The number of carbonyl (C=O) groups excluding carboxylic acids is 1. The molecule has 18 heavy (non-hydrogen) atoms. The van der Waals surface area contributed by atoms with E-state index in [4.69, 9.17) is 4.74 Å². The highest BCUT2D eigenvalue weighted by Gasteiger charge is 2.46. The first-order valence-electron chi connectivity index (χ1n) is 6.81. The summed E-state index contributed by atoms with van der Waals surface area (Å²) in [5, 5.41) is 0. The zero-order chi connectivity index (χ0) is 12.8. The molecule has 1 aliphatic heterocycles. The Labute approximate surface area is 108 Å². The van der Waals surface area contributed by atoms with Crippen LogP contribution in [0.2, 0.25) is 0 Å². The Balaban J connectivity index is 1.96. The maximum Gasteiger partial charge on any atom is 0.170 e. The molecule has 0 amide bonds. The molecule has 1 aromatic carbocycles. The molecule has 1 atom stereocenters. The van der Waals surface area contributed by atoms with Crippen molar-refractivity contribution < 1.29 is 9.53 Å². The highest BCUT2D eigenvalue weighted by molar-refractivity contribution is 6.00. The molecule has 0 radical (unpaired) electrons. The van der Waals surface area contributed by atoms with E-state index in [1.165, 1.54) is 6.42 Å². The number of hydrogen-bond donors (Lipinski definition) is 0. The van der Waals surface area contributed by atoms with Crippen molar-refractivity contribution in [1.29, 1.82) is 0 Å². The minimum absolute atomic E-state index is 0.243. The molecule has 2 nitrogen and oxygen atoms in total. The van der Waals surface area contributed by atoms with Gasteiger partial charge in [-0.2, -0.15) is 0 Å². The van der Waals surface area contributed by atoms with Crippen molar-refractivity contribution in [2.24, 2.45) is 5.41 Å². The van der Waals surface area contributed by atoms with Crippen LogP contribution in [0.5, 0.6) is 5.75 Å². The quantitative estimate of drug-likeness (QED) is 0.689. The number of rotatable bonds is 0. The molecule has 2 heteroatoms. The van der Waals surface area contributed by atoms with Crippen LogP contribution in [0.4, 0.5) is 0 Å². The molecule has 1 aromatic rings.